The first kappa shape index (κ1) is 17.3. The summed E-state index contributed by atoms with van der Waals surface area (Å²) in [5, 5.41) is 22.9. The molecule has 134 valence electrons. The number of aromatic hydroxyl groups is 1. The Morgan fingerprint density at radius 3 is 2.38 bits per heavy atom. The van der Waals surface area contributed by atoms with Gasteiger partial charge in [0, 0.05) is 11.5 Å². The SMILES string of the molecule is COC(=O)c1cc(OC)c(OC)c2c1c([N+](=O)[O-])cc1ccc(O)cc12. The Kier molecular flexibility index (Phi) is 4.25. The predicted molar refractivity (Wildman–Crippen MR) is 94.2 cm³/mol. The molecule has 0 heterocycles. The molecule has 0 saturated carbocycles. The number of hydrogen-bond donors (Lipinski definition) is 1. The summed E-state index contributed by atoms with van der Waals surface area (Å²) >= 11 is 0. The Morgan fingerprint density at radius 2 is 1.81 bits per heavy atom. The number of fused-ring (bicyclic) bond motifs is 3. The third kappa shape index (κ3) is 2.52. The van der Waals surface area contributed by atoms with Crippen LogP contribution in [0.5, 0.6) is 17.2 Å². The molecular weight excluding hydrogens is 342 g/mol. The predicted octanol–water partition coefficient (Wildman–Crippen LogP) is 3.41. The number of carbonyl (C=O) groups is 1. The van der Waals surface area contributed by atoms with Gasteiger partial charge in [0.25, 0.3) is 5.69 Å². The zero-order valence-corrected chi connectivity index (χ0v) is 14.2. The van der Waals surface area contributed by atoms with Gasteiger partial charge in [0.2, 0.25) is 0 Å². The molecule has 0 aromatic heterocycles. The zero-order chi connectivity index (χ0) is 19.0. The summed E-state index contributed by atoms with van der Waals surface area (Å²) in [4.78, 5) is 23.4. The summed E-state index contributed by atoms with van der Waals surface area (Å²) in [6.45, 7) is 0. The molecule has 0 aliphatic heterocycles. The van der Waals surface area contributed by atoms with E-state index in [2.05, 4.69) is 0 Å². The van der Waals surface area contributed by atoms with Gasteiger partial charge in [-0.1, -0.05) is 6.07 Å². The van der Waals surface area contributed by atoms with Crippen LogP contribution in [0.2, 0.25) is 0 Å². The molecule has 0 unspecified atom stereocenters. The Bertz CT molecular complexity index is 1060. The first-order valence-electron chi connectivity index (χ1n) is 7.50. The molecule has 0 spiro atoms. The molecule has 0 saturated heterocycles. The smallest absolute Gasteiger partial charge is 0.338 e. The maximum atomic E-state index is 12.3. The number of ether oxygens (including phenoxy) is 3. The van der Waals surface area contributed by atoms with Crippen LogP contribution in [-0.4, -0.2) is 37.3 Å². The van der Waals surface area contributed by atoms with E-state index < -0.39 is 10.9 Å². The highest BCUT2D eigenvalue weighted by Gasteiger charge is 2.27. The normalized spacial score (nSPS) is 10.7. The molecule has 3 rings (SSSR count). The summed E-state index contributed by atoms with van der Waals surface area (Å²) in [5.74, 6) is -0.351. The fraction of sp³-hybridized carbons (Fsp3) is 0.167. The van der Waals surface area contributed by atoms with Crippen LogP contribution >= 0.6 is 0 Å². The summed E-state index contributed by atoms with van der Waals surface area (Å²) in [5.41, 5.74) is -0.309. The van der Waals surface area contributed by atoms with Crippen molar-refractivity contribution in [1.29, 1.82) is 0 Å². The van der Waals surface area contributed by atoms with Crippen LogP contribution in [0.3, 0.4) is 0 Å². The number of phenolic OH excluding ortho intramolecular Hbond substituents is 1. The lowest BCUT2D eigenvalue weighted by Crippen LogP contribution is -2.06. The van der Waals surface area contributed by atoms with Gasteiger partial charge in [0.05, 0.1) is 37.2 Å². The Balaban J connectivity index is 2.70. The van der Waals surface area contributed by atoms with Crippen molar-refractivity contribution < 1.29 is 29.0 Å². The van der Waals surface area contributed by atoms with Gasteiger partial charge in [0.1, 0.15) is 5.75 Å². The molecule has 26 heavy (non-hydrogen) atoms. The fourth-order valence-electron chi connectivity index (χ4n) is 3.04. The molecule has 0 bridgehead atoms. The van der Waals surface area contributed by atoms with Crippen molar-refractivity contribution in [3.63, 3.8) is 0 Å². The minimum atomic E-state index is -0.751. The van der Waals surface area contributed by atoms with E-state index in [4.69, 9.17) is 14.2 Å². The number of rotatable bonds is 4. The molecule has 0 amide bonds. The van der Waals surface area contributed by atoms with Crippen molar-refractivity contribution in [2.75, 3.05) is 21.3 Å². The van der Waals surface area contributed by atoms with Gasteiger partial charge in [-0.2, -0.15) is 0 Å². The Hall–Kier alpha value is -3.55. The highest BCUT2D eigenvalue weighted by atomic mass is 16.6. The average Bonchev–Trinajstić information content (AvgIpc) is 2.64. The van der Waals surface area contributed by atoms with Gasteiger partial charge in [-0.05, 0) is 29.0 Å². The molecule has 0 aliphatic carbocycles. The van der Waals surface area contributed by atoms with Crippen molar-refractivity contribution in [2.45, 2.75) is 0 Å². The summed E-state index contributed by atoms with van der Waals surface area (Å²) in [6, 6.07) is 7.11. The second kappa shape index (κ2) is 6.40. The number of nitro benzene ring substituents is 1. The lowest BCUT2D eigenvalue weighted by Gasteiger charge is -2.16. The van der Waals surface area contributed by atoms with Crippen molar-refractivity contribution >= 4 is 33.2 Å². The summed E-state index contributed by atoms with van der Waals surface area (Å²) in [7, 11) is 3.97. The van der Waals surface area contributed by atoms with E-state index in [9.17, 15) is 20.0 Å². The maximum Gasteiger partial charge on any atom is 0.338 e. The largest absolute Gasteiger partial charge is 0.508 e. The molecule has 0 aliphatic rings. The minimum Gasteiger partial charge on any atom is -0.508 e. The number of hydrogen-bond acceptors (Lipinski definition) is 7. The third-order valence-corrected chi connectivity index (χ3v) is 4.13. The molecule has 0 fully saturated rings. The lowest BCUT2D eigenvalue weighted by atomic mass is 9.95. The second-order valence-corrected chi connectivity index (χ2v) is 5.46. The number of nitrogens with zero attached hydrogens (tertiary/aromatic N) is 1. The van der Waals surface area contributed by atoms with Crippen molar-refractivity contribution in [3.8, 4) is 17.2 Å². The standard InChI is InChI=1S/C18H15NO7/c1-24-14-8-12(18(21)26-3)15-13(19(22)23)6-9-4-5-10(20)7-11(9)16(15)17(14)25-2/h4-8,20H,1-3H3. The van der Waals surface area contributed by atoms with Crippen LogP contribution in [0.4, 0.5) is 5.69 Å². The molecule has 1 N–H and O–H groups in total. The number of carbonyl (C=O) groups excluding carboxylic acids is 1. The number of non-ortho nitro benzene ring substituents is 1. The van der Waals surface area contributed by atoms with Crippen LogP contribution in [-0.2, 0) is 4.74 Å². The summed E-state index contributed by atoms with van der Waals surface area (Å²) < 4.78 is 15.5. The monoisotopic (exact) mass is 357 g/mol. The van der Waals surface area contributed by atoms with E-state index in [1.807, 2.05) is 0 Å². The van der Waals surface area contributed by atoms with Crippen molar-refractivity contribution in [1.82, 2.24) is 0 Å². The van der Waals surface area contributed by atoms with Crippen LogP contribution in [0.1, 0.15) is 10.4 Å². The van der Waals surface area contributed by atoms with Gasteiger partial charge in [-0.3, -0.25) is 10.1 Å². The van der Waals surface area contributed by atoms with Crippen LogP contribution in [0.15, 0.2) is 30.3 Å². The number of esters is 1. The van der Waals surface area contributed by atoms with E-state index in [1.165, 1.54) is 45.6 Å². The zero-order valence-electron chi connectivity index (χ0n) is 14.2. The topological polar surface area (TPSA) is 108 Å². The number of phenols is 1. The first-order valence-corrected chi connectivity index (χ1v) is 7.50. The number of benzene rings is 3. The molecule has 3 aromatic carbocycles. The van der Waals surface area contributed by atoms with E-state index in [0.29, 0.717) is 10.8 Å². The van der Waals surface area contributed by atoms with Crippen molar-refractivity contribution in [2.24, 2.45) is 0 Å². The highest BCUT2D eigenvalue weighted by molar-refractivity contribution is 6.21. The number of methoxy groups -OCH3 is 3. The van der Waals surface area contributed by atoms with Gasteiger partial charge in [0.15, 0.2) is 11.5 Å². The lowest BCUT2D eigenvalue weighted by molar-refractivity contribution is -0.383. The quantitative estimate of drug-likeness (QED) is 0.330. The van der Waals surface area contributed by atoms with Crippen LogP contribution in [0, 0.1) is 10.1 Å². The number of nitro groups is 1. The summed E-state index contributed by atoms with van der Waals surface area (Å²) in [6.07, 6.45) is 0. The maximum absolute atomic E-state index is 12.3. The molecule has 8 heteroatoms. The average molecular weight is 357 g/mol. The fourth-order valence-corrected chi connectivity index (χ4v) is 3.04. The molecular formula is C18H15NO7. The van der Waals surface area contributed by atoms with Gasteiger partial charge < -0.3 is 19.3 Å². The first-order chi connectivity index (χ1) is 12.4. The van der Waals surface area contributed by atoms with Gasteiger partial charge in [-0.15, -0.1) is 0 Å². The minimum absolute atomic E-state index is 0.0304. The van der Waals surface area contributed by atoms with Crippen molar-refractivity contribution in [3.05, 3.63) is 46.0 Å². The van der Waals surface area contributed by atoms with Gasteiger partial charge >= 0.3 is 5.97 Å². The highest BCUT2D eigenvalue weighted by Crippen LogP contribution is 2.46. The van der Waals surface area contributed by atoms with E-state index in [1.54, 1.807) is 6.07 Å². The second-order valence-electron chi connectivity index (χ2n) is 5.46. The van der Waals surface area contributed by atoms with Crippen LogP contribution < -0.4 is 9.47 Å². The van der Waals surface area contributed by atoms with E-state index in [-0.39, 0.29) is 39.3 Å². The molecule has 0 atom stereocenters. The third-order valence-electron chi connectivity index (χ3n) is 4.13. The Morgan fingerprint density at radius 1 is 1.08 bits per heavy atom. The van der Waals surface area contributed by atoms with E-state index >= 15 is 0 Å². The van der Waals surface area contributed by atoms with Crippen LogP contribution in [0.25, 0.3) is 21.5 Å². The molecule has 0 radical (unpaired) electrons. The Labute approximate surface area is 147 Å². The molecule has 8 nitrogen and oxygen atoms in total. The van der Waals surface area contributed by atoms with E-state index in [0.717, 1.165) is 0 Å². The molecule has 3 aromatic rings. The van der Waals surface area contributed by atoms with Gasteiger partial charge in [-0.25, -0.2) is 4.79 Å².